The molecule has 8 heteroatoms. The standard InChI is InChI=1S/C13H12N4O4/c1-15-13(18)11-7-9(4-5-16-11)21-8-2-3-12(17(19)20)10(14)6-8/h2-7H,14H2,1H3,(H,15,18). The van der Waals surface area contributed by atoms with E-state index in [9.17, 15) is 14.9 Å². The number of benzene rings is 1. The molecule has 3 N–H and O–H groups in total. The van der Waals surface area contributed by atoms with Crippen LogP contribution in [0.25, 0.3) is 0 Å². The molecule has 0 aliphatic rings. The molecule has 0 unspecified atom stereocenters. The lowest BCUT2D eigenvalue weighted by Crippen LogP contribution is -2.18. The Bertz CT molecular complexity index is 702. The quantitative estimate of drug-likeness (QED) is 0.502. The number of hydrogen-bond donors (Lipinski definition) is 2. The summed E-state index contributed by atoms with van der Waals surface area (Å²) in [7, 11) is 1.49. The normalized spacial score (nSPS) is 9.95. The second-order valence-electron chi connectivity index (χ2n) is 4.04. The molecule has 1 aromatic carbocycles. The van der Waals surface area contributed by atoms with Crippen LogP contribution in [0.1, 0.15) is 10.5 Å². The molecule has 1 aromatic heterocycles. The van der Waals surface area contributed by atoms with Crippen LogP contribution in [0.3, 0.4) is 0 Å². The van der Waals surface area contributed by atoms with E-state index in [1.165, 1.54) is 37.5 Å². The van der Waals surface area contributed by atoms with Gasteiger partial charge in [0.25, 0.3) is 11.6 Å². The predicted molar refractivity (Wildman–Crippen MR) is 75.2 cm³/mol. The van der Waals surface area contributed by atoms with Crippen molar-refractivity contribution < 1.29 is 14.5 Å². The Morgan fingerprint density at radius 1 is 1.33 bits per heavy atom. The highest BCUT2D eigenvalue weighted by atomic mass is 16.6. The maximum absolute atomic E-state index is 11.5. The van der Waals surface area contributed by atoms with Crippen LogP contribution in [0.5, 0.6) is 11.5 Å². The number of nitrogens with zero attached hydrogens (tertiary/aromatic N) is 2. The van der Waals surface area contributed by atoms with Gasteiger partial charge in [0.2, 0.25) is 0 Å². The molecule has 0 saturated carbocycles. The molecule has 0 fully saturated rings. The van der Waals surface area contributed by atoms with Crippen LogP contribution in [0.4, 0.5) is 11.4 Å². The third-order valence-corrected chi connectivity index (χ3v) is 2.62. The molecule has 8 nitrogen and oxygen atoms in total. The van der Waals surface area contributed by atoms with Crippen molar-refractivity contribution in [2.24, 2.45) is 0 Å². The minimum Gasteiger partial charge on any atom is -0.457 e. The van der Waals surface area contributed by atoms with Gasteiger partial charge in [-0.2, -0.15) is 0 Å². The Balaban J connectivity index is 2.24. The molecule has 1 amide bonds. The second-order valence-corrected chi connectivity index (χ2v) is 4.04. The molecule has 2 aromatic rings. The lowest BCUT2D eigenvalue weighted by Gasteiger charge is -2.07. The minimum atomic E-state index is -0.574. The van der Waals surface area contributed by atoms with E-state index in [4.69, 9.17) is 10.5 Å². The van der Waals surface area contributed by atoms with Crippen molar-refractivity contribution in [2.75, 3.05) is 12.8 Å². The van der Waals surface area contributed by atoms with Gasteiger partial charge < -0.3 is 15.8 Å². The first-order valence-electron chi connectivity index (χ1n) is 5.91. The Morgan fingerprint density at radius 2 is 2.05 bits per heavy atom. The van der Waals surface area contributed by atoms with Crippen molar-refractivity contribution in [3.63, 3.8) is 0 Å². The number of rotatable bonds is 4. The van der Waals surface area contributed by atoms with Crippen LogP contribution >= 0.6 is 0 Å². The molecule has 0 radical (unpaired) electrons. The number of nitrogen functional groups attached to an aromatic ring is 1. The number of amides is 1. The van der Waals surface area contributed by atoms with Crippen LogP contribution in [-0.4, -0.2) is 22.9 Å². The van der Waals surface area contributed by atoms with Crippen LogP contribution in [0.15, 0.2) is 36.5 Å². The van der Waals surface area contributed by atoms with Gasteiger partial charge in [-0.3, -0.25) is 19.9 Å². The van der Waals surface area contributed by atoms with Crippen molar-refractivity contribution in [3.05, 3.63) is 52.3 Å². The number of ether oxygens (including phenoxy) is 1. The van der Waals surface area contributed by atoms with E-state index in [2.05, 4.69) is 10.3 Å². The molecule has 0 aliphatic heterocycles. The fraction of sp³-hybridized carbons (Fsp3) is 0.0769. The van der Waals surface area contributed by atoms with E-state index >= 15 is 0 Å². The van der Waals surface area contributed by atoms with Crippen LogP contribution in [-0.2, 0) is 0 Å². The average Bonchev–Trinajstić information content (AvgIpc) is 2.46. The fourth-order valence-electron chi connectivity index (χ4n) is 1.63. The average molecular weight is 288 g/mol. The monoisotopic (exact) mass is 288 g/mol. The smallest absolute Gasteiger partial charge is 0.292 e. The Hall–Kier alpha value is -3.16. The molecule has 0 saturated heterocycles. The van der Waals surface area contributed by atoms with Crippen LogP contribution < -0.4 is 15.8 Å². The first-order valence-corrected chi connectivity index (χ1v) is 5.91. The van der Waals surface area contributed by atoms with Gasteiger partial charge in [-0.1, -0.05) is 0 Å². The van der Waals surface area contributed by atoms with E-state index in [-0.39, 0.29) is 23.0 Å². The number of aromatic nitrogens is 1. The summed E-state index contributed by atoms with van der Waals surface area (Å²) in [5.74, 6) is 0.354. The SMILES string of the molecule is CNC(=O)c1cc(Oc2ccc([N+](=O)[O-])c(N)c2)ccn1. The molecule has 1 heterocycles. The summed E-state index contributed by atoms with van der Waals surface area (Å²) < 4.78 is 5.51. The summed E-state index contributed by atoms with van der Waals surface area (Å²) in [5.41, 5.74) is 5.58. The van der Waals surface area contributed by atoms with Gasteiger partial charge >= 0.3 is 0 Å². The van der Waals surface area contributed by atoms with Gasteiger partial charge in [0.1, 0.15) is 22.9 Å². The highest BCUT2D eigenvalue weighted by Crippen LogP contribution is 2.29. The molecule has 21 heavy (non-hydrogen) atoms. The minimum absolute atomic E-state index is 0.00178. The number of nitrogens with two attached hydrogens (primary N) is 1. The third kappa shape index (κ3) is 3.24. The number of nitro groups is 1. The predicted octanol–water partition coefficient (Wildman–Crippen LogP) is 1.72. The highest BCUT2D eigenvalue weighted by Gasteiger charge is 2.12. The number of nitrogens with one attached hydrogen (secondary N) is 1. The molecular weight excluding hydrogens is 276 g/mol. The summed E-state index contributed by atoms with van der Waals surface area (Å²) in [6.45, 7) is 0. The second kappa shape index (κ2) is 5.87. The molecule has 2 rings (SSSR count). The fourth-order valence-corrected chi connectivity index (χ4v) is 1.63. The zero-order valence-electron chi connectivity index (χ0n) is 11.1. The number of hydrogen-bond acceptors (Lipinski definition) is 6. The molecular formula is C13H12N4O4. The largest absolute Gasteiger partial charge is 0.457 e. The first-order chi connectivity index (χ1) is 10.0. The number of pyridine rings is 1. The number of carbonyl (C=O) groups excluding carboxylic acids is 1. The van der Waals surface area contributed by atoms with Crippen LogP contribution in [0, 0.1) is 10.1 Å². The van der Waals surface area contributed by atoms with Crippen molar-refractivity contribution in [1.29, 1.82) is 0 Å². The maximum atomic E-state index is 11.5. The summed E-state index contributed by atoms with van der Waals surface area (Å²) in [6.07, 6.45) is 1.43. The lowest BCUT2D eigenvalue weighted by atomic mass is 10.2. The van der Waals surface area contributed by atoms with Gasteiger partial charge in [-0.25, -0.2) is 0 Å². The zero-order valence-corrected chi connectivity index (χ0v) is 11.1. The molecule has 0 atom stereocenters. The number of anilines is 1. The summed E-state index contributed by atoms with van der Waals surface area (Å²) in [5, 5.41) is 13.1. The molecule has 0 spiro atoms. The summed E-state index contributed by atoms with van der Waals surface area (Å²) in [4.78, 5) is 25.5. The van der Waals surface area contributed by atoms with Gasteiger partial charge in [0.15, 0.2) is 0 Å². The first kappa shape index (κ1) is 14.3. The summed E-state index contributed by atoms with van der Waals surface area (Å²) in [6, 6.07) is 7.04. The van der Waals surface area contributed by atoms with Crippen LogP contribution in [0.2, 0.25) is 0 Å². The van der Waals surface area contributed by atoms with E-state index in [1.54, 1.807) is 6.07 Å². The van der Waals surface area contributed by atoms with E-state index in [0.717, 1.165) is 0 Å². The molecule has 108 valence electrons. The van der Waals surface area contributed by atoms with Crippen molar-refractivity contribution in [3.8, 4) is 11.5 Å². The van der Waals surface area contributed by atoms with Gasteiger partial charge in [0.05, 0.1) is 4.92 Å². The molecule has 0 aliphatic carbocycles. The van der Waals surface area contributed by atoms with E-state index in [1.807, 2.05) is 0 Å². The third-order valence-electron chi connectivity index (χ3n) is 2.62. The van der Waals surface area contributed by atoms with Crippen molar-refractivity contribution >= 4 is 17.3 Å². The number of carbonyl (C=O) groups is 1. The number of nitro benzene ring substituents is 1. The van der Waals surface area contributed by atoms with Crippen molar-refractivity contribution in [2.45, 2.75) is 0 Å². The lowest BCUT2D eigenvalue weighted by molar-refractivity contribution is -0.383. The highest BCUT2D eigenvalue weighted by molar-refractivity contribution is 5.92. The Labute approximate surface area is 119 Å². The van der Waals surface area contributed by atoms with Crippen molar-refractivity contribution in [1.82, 2.24) is 10.3 Å². The van der Waals surface area contributed by atoms with Gasteiger partial charge in [-0.05, 0) is 12.1 Å². The van der Waals surface area contributed by atoms with Gasteiger partial charge in [0, 0.05) is 31.4 Å². The molecule has 0 bridgehead atoms. The van der Waals surface area contributed by atoms with E-state index in [0.29, 0.717) is 11.5 Å². The van der Waals surface area contributed by atoms with Gasteiger partial charge in [-0.15, -0.1) is 0 Å². The van der Waals surface area contributed by atoms with E-state index < -0.39 is 4.92 Å². The topological polar surface area (TPSA) is 120 Å². The maximum Gasteiger partial charge on any atom is 0.292 e. The Kier molecular flexibility index (Phi) is 3.98. The summed E-state index contributed by atoms with van der Waals surface area (Å²) >= 11 is 0. The zero-order chi connectivity index (χ0) is 15.4. The Morgan fingerprint density at radius 3 is 2.67 bits per heavy atom.